The molecule has 0 atom stereocenters. The Morgan fingerprint density at radius 1 is 1.18 bits per heavy atom. The molecule has 2 aromatic carbocycles. The molecule has 1 aliphatic rings. The monoisotopic (exact) mass is 391 g/mol. The molecule has 5 nitrogen and oxygen atoms in total. The van der Waals surface area contributed by atoms with Crippen molar-refractivity contribution in [3.63, 3.8) is 0 Å². The van der Waals surface area contributed by atoms with Crippen LogP contribution < -0.4 is 10.5 Å². The minimum Gasteiger partial charge on any atom is -0.492 e. The molecule has 0 radical (unpaired) electrons. The molecule has 0 bridgehead atoms. The maximum Gasteiger partial charge on any atom is 0.286 e. The second-order valence-electron chi connectivity index (χ2n) is 6.83. The summed E-state index contributed by atoms with van der Waals surface area (Å²) in [6.07, 6.45) is 3.91. The third-order valence-corrected chi connectivity index (χ3v) is 5.35. The van der Waals surface area contributed by atoms with E-state index in [1.54, 1.807) is 0 Å². The Labute approximate surface area is 167 Å². The highest BCUT2D eigenvalue weighted by molar-refractivity contribution is 8.18. The number of thioether (sulfide) groups is 1. The second kappa shape index (κ2) is 7.56. The van der Waals surface area contributed by atoms with Crippen molar-refractivity contribution in [2.75, 3.05) is 6.61 Å². The molecule has 0 aliphatic carbocycles. The van der Waals surface area contributed by atoms with E-state index in [1.807, 2.05) is 36.5 Å². The number of rotatable bonds is 5. The SMILES string of the molecule is Cc1cc(C)cc(OCCn2cc(/C=C3\SC(N)=NC3=O)c3ccccc32)c1. The van der Waals surface area contributed by atoms with Gasteiger partial charge in [-0.15, -0.1) is 0 Å². The Morgan fingerprint density at radius 2 is 1.93 bits per heavy atom. The summed E-state index contributed by atoms with van der Waals surface area (Å²) in [5, 5.41) is 1.38. The van der Waals surface area contributed by atoms with Gasteiger partial charge in [-0.3, -0.25) is 4.79 Å². The van der Waals surface area contributed by atoms with Crippen LogP contribution in [0.3, 0.4) is 0 Å². The number of carbonyl (C=O) groups is 1. The van der Waals surface area contributed by atoms with Crippen LogP contribution in [0.25, 0.3) is 17.0 Å². The zero-order chi connectivity index (χ0) is 19.7. The van der Waals surface area contributed by atoms with Crippen LogP contribution in [0, 0.1) is 13.8 Å². The molecule has 28 heavy (non-hydrogen) atoms. The quantitative estimate of drug-likeness (QED) is 0.660. The first-order valence-electron chi connectivity index (χ1n) is 9.06. The van der Waals surface area contributed by atoms with E-state index in [4.69, 9.17) is 10.5 Å². The lowest BCUT2D eigenvalue weighted by molar-refractivity contribution is -0.113. The van der Waals surface area contributed by atoms with Gasteiger partial charge in [0.05, 0.1) is 11.4 Å². The summed E-state index contributed by atoms with van der Waals surface area (Å²) in [6, 6.07) is 14.4. The first-order chi connectivity index (χ1) is 13.5. The molecule has 1 amide bonds. The zero-order valence-electron chi connectivity index (χ0n) is 15.8. The predicted octanol–water partition coefficient (Wildman–Crippen LogP) is 4.27. The summed E-state index contributed by atoms with van der Waals surface area (Å²) in [7, 11) is 0. The van der Waals surface area contributed by atoms with Crippen LogP contribution >= 0.6 is 11.8 Å². The number of hydrogen-bond acceptors (Lipinski definition) is 4. The normalized spacial score (nSPS) is 15.4. The molecular weight excluding hydrogens is 370 g/mol. The lowest BCUT2D eigenvalue weighted by Gasteiger charge is -2.10. The Balaban J connectivity index is 1.56. The summed E-state index contributed by atoms with van der Waals surface area (Å²) in [6.45, 7) is 5.40. The van der Waals surface area contributed by atoms with Crippen molar-refractivity contribution in [1.82, 2.24) is 4.57 Å². The van der Waals surface area contributed by atoms with Crippen molar-refractivity contribution in [2.45, 2.75) is 20.4 Å². The average molecular weight is 391 g/mol. The van der Waals surface area contributed by atoms with Gasteiger partial charge in [0.1, 0.15) is 12.4 Å². The van der Waals surface area contributed by atoms with E-state index in [9.17, 15) is 4.79 Å². The summed E-state index contributed by atoms with van der Waals surface area (Å²) in [5.74, 6) is 0.606. The van der Waals surface area contributed by atoms with E-state index < -0.39 is 0 Å². The maximum atomic E-state index is 11.9. The molecule has 2 N–H and O–H groups in total. The van der Waals surface area contributed by atoms with Crippen LogP contribution in [0.5, 0.6) is 5.75 Å². The van der Waals surface area contributed by atoms with Crippen LogP contribution in [0.2, 0.25) is 0 Å². The molecule has 0 unspecified atom stereocenters. The topological polar surface area (TPSA) is 69.6 Å². The minimum absolute atomic E-state index is 0.280. The van der Waals surface area contributed by atoms with Gasteiger partial charge in [-0.2, -0.15) is 4.99 Å². The van der Waals surface area contributed by atoms with Crippen molar-refractivity contribution in [3.05, 3.63) is 70.3 Å². The molecule has 0 saturated carbocycles. The predicted molar refractivity (Wildman–Crippen MR) is 116 cm³/mol. The number of aliphatic imine (C=N–C) groups is 1. The van der Waals surface area contributed by atoms with Crippen LogP contribution in [-0.2, 0) is 11.3 Å². The molecule has 1 aliphatic heterocycles. The van der Waals surface area contributed by atoms with E-state index in [2.05, 4.69) is 41.6 Å². The average Bonchev–Trinajstić information content (AvgIpc) is 3.14. The molecule has 0 saturated heterocycles. The summed E-state index contributed by atoms with van der Waals surface area (Å²) in [5.41, 5.74) is 10.1. The van der Waals surface area contributed by atoms with Gasteiger partial charge in [0.25, 0.3) is 5.91 Å². The second-order valence-corrected chi connectivity index (χ2v) is 7.89. The van der Waals surface area contributed by atoms with Gasteiger partial charge in [-0.1, -0.05) is 24.3 Å². The van der Waals surface area contributed by atoms with Crippen LogP contribution in [0.1, 0.15) is 16.7 Å². The number of para-hydroxylation sites is 1. The first-order valence-corrected chi connectivity index (χ1v) is 9.88. The third-order valence-electron chi connectivity index (χ3n) is 4.54. The number of aromatic nitrogens is 1. The lowest BCUT2D eigenvalue weighted by atomic mass is 10.1. The van der Waals surface area contributed by atoms with Crippen molar-refractivity contribution in [3.8, 4) is 5.75 Å². The van der Waals surface area contributed by atoms with E-state index in [0.717, 1.165) is 22.2 Å². The number of hydrogen-bond donors (Lipinski definition) is 1. The zero-order valence-corrected chi connectivity index (χ0v) is 16.6. The highest BCUT2D eigenvalue weighted by Crippen LogP contribution is 2.30. The number of benzene rings is 2. The van der Waals surface area contributed by atoms with Crippen molar-refractivity contribution in [2.24, 2.45) is 10.7 Å². The van der Waals surface area contributed by atoms with Gasteiger partial charge >= 0.3 is 0 Å². The van der Waals surface area contributed by atoms with Crippen molar-refractivity contribution < 1.29 is 9.53 Å². The van der Waals surface area contributed by atoms with E-state index in [0.29, 0.717) is 23.2 Å². The molecule has 4 rings (SSSR count). The minimum atomic E-state index is -0.280. The Kier molecular flexibility index (Phi) is 4.96. The van der Waals surface area contributed by atoms with Gasteiger partial charge in [-0.05, 0) is 61.0 Å². The summed E-state index contributed by atoms with van der Waals surface area (Å²) < 4.78 is 8.12. The molecule has 3 aromatic rings. The van der Waals surface area contributed by atoms with E-state index in [1.165, 1.54) is 22.9 Å². The molecule has 1 aromatic heterocycles. The van der Waals surface area contributed by atoms with Crippen molar-refractivity contribution in [1.29, 1.82) is 0 Å². The number of nitrogens with zero attached hydrogens (tertiary/aromatic N) is 2. The van der Waals surface area contributed by atoms with Gasteiger partial charge in [0, 0.05) is 22.7 Å². The Hall–Kier alpha value is -2.99. The van der Waals surface area contributed by atoms with Crippen LogP contribution in [0.15, 0.2) is 58.6 Å². The summed E-state index contributed by atoms with van der Waals surface area (Å²) in [4.78, 5) is 16.3. The molecule has 142 valence electrons. The van der Waals surface area contributed by atoms with E-state index >= 15 is 0 Å². The fraction of sp³-hybridized carbons (Fsp3) is 0.182. The largest absolute Gasteiger partial charge is 0.492 e. The molecule has 0 fully saturated rings. The summed E-state index contributed by atoms with van der Waals surface area (Å²) >= 11 is 1.21. The number of amidine groups is 1. The first kappa shape index (κ1) is 18.4. The number of aryl methyl sites for hydroxylation is 2. The highest BCUT2D eigenvalue weighted by Gasteiger charge is 2.20. The molecule has 0 spiro atoms. The van der Waals surface area contributed by atoms with Gasteiger partial charge < -0.3 is 15.0 Å². The number of carbonyl (C=O) groups excluding carboxylic acids is 1. The standard InChI is InChI=1S/C22H21N3O2S/c1-14-9-15(2)11-17(10-14)27-8-7-25-13-16(18-5-3-4-6-19(18)25)12-20-21(26)24-22(23)28-20/h3-6,9-13H,7-8H2,1-2H3,(H2,23,24,26)/b20-12-. The number of amides is 1. The van der Waals surface area contributed by atoms with Crippen LogP contribution in [0.4, 0.5) is 0 Å². The third kappa shape index (κ3) is 3.82. The maximum absolute atomic E-state index is 11.9. The number of fused-ring (bicyclic) bond motifs is 1. The number of ether oxygens (including phenoxy) is 1. The Morgan fingerprint density at radius 3 is 2.64 bits per heavy atom. The van der Waals surface area contributed by atoms with E-state index in [-0.39, 0.29) is 5.91 Å². The fourth-order valence-corrected chi connectivity index (χ4v) is 4.09. The lowest BCUT2D eigenvalue weighted by Crippen LogP contribution is -2.07. The van der Waals surface area contributed by atoms with Crippen molar-refractivity contribution >= 4 is 39.8 Å². The van der Waals surface area contributed by atoms with Gasteiger partial charge in [0.2, 0.25) is 0 Å². The molecule has 2 heterocycles. The smallest absolute Gasteiger partial charge is 0.286 e. The van der Waals surface area contributed by atoms with Gasteiger partial charge in [0.15, 0.2) is 5.17 Å². The highest BCUT2D eigenvalue weighted by atomic mass is 32.2. The van der Waals surface area contributed by atoms with Crippen LogP contribution in [-0.4, -0.2) is 22.2 Å². The van der Waals surface area contributed by atoms with Gasteiger partial charge in [-0.25, -0.2) is 0 Å². The molecular formula is C22H21N3O2S. The number of nitrogens with two attached hydrogens (primary N) is 1. The Bertz CT molecular complexity index is 1110. The fourth-order valence-electron chi connectivity index (χ4n) is 3.42. The molecule has 6 heteroatoms.